The molecule has 1 aliphatic rings. The Labute approximate surface area is 248 Å². The molecule has 10 heteroatoms. The van der Waals surface area contributed by atoms with Gasteiger partial charge < -0.3 is 9.47 Å². The number of ether oxygens (including phenoxy) is 2. The van der Waals surface area contributed by atoms with Crippen LogP contribution in [0.5, 0.6) is 5.75 Å². The van der Waals surface area contributed by atoms with Crippen LogP contribution in [0.3, 0.4) is 0 Å². The molecule has 1 aromatic heterocycles. The summed E-state index contributed by atoms with van der Waals surface area (Å²) in [7, 11) is 5.99. The number of unbranched alkanes of at least 4 members (excludes halogenated alkanes) is 7. The Morgan fingerprint density at radius 2 is 1.43 bits per heavy atom. The number of ketones is 2. The van der Waals surface area contributed by atoms with Crippen LogP contribution in [0.4, 0.5) is 0 Å². The Balaban J connectivity index is 1.39. The molecule has 0 saturated carbocycles. The number of allylic oxidation sites excluding steroid dienone is 2. The topological polar surface area (TPSA) is 88.1 Å². The zero-order chi connectivity index (χ0) is 29.1. The van der Waals surface area contributed by atoms with E-state index in [0.717, 1.165) is 77.6 Å². The molecule has 0 amide bonds. The average Bonchev–Trinajstić information content (AvgIpc) is 3.38. The fraction of sp³-hybridized carbons (Fsp3) is 0.467. The summed E-state index contributed by atoms with van der Waals surface area (Å²) in [6, 6.07) is 7.90. The highest BCUT2D eigenvalue weighted by atomic mass is 32.9. The number of methoxy groups -OCH3 is 2. The van der Waals surface area contributed by atoms with Crippen LogP contribution in [-0.2, 0) is 35.2 Å². The zero-order valence-electron chi connectivity index (χ0n) is 23.5. The van der Waals surface area contributed by atoms with Gasteiger partial charge in [-0.25, -0.2) is 4.79 Å². The second kappa shape index (κ2) is 15.8. The lowest BCUT2D eigenvalue weighted by Crippen LogP contribution is -2.25. The van der Waals surface area contributed by atoms with Gasteiger partial charge in [-0.05, 0) is 62.4 Å². The first-order valence-corrected chi connectivity index (χ1v) is 16.0. The monoisotopic (exact) mass is 604 g/mol. The molecule has 0 radical (unpaired) electrons. The van der Waals surface area contributed by atoms with Gasteiger partial charge in [0.25, 0.3) is 0 Å². The van der Waals surface area contributed by atoms with E-state index in [9.17, 15) is 14.4 Å². The molecule has 1 aromatic carbocycles. The van der Waals surface area contributed by atoms with Gasteiger partial charge in [0, 0.05) is 28.5 Å². The molecule has 0 bridgehead atoms. The average molecular weight is 605 g/mol. The van der Waals surface area contributed by atoms with Gasteiger partial charge in [-0.1, -0.05) is 71.4 Å². The van der Waals surface area contributed by atoms with Gasteiger partial charge in [0.05, 0.1) is 14.2 Å². The van der Waals surface area contributed by atoms with E-state index < -0.39 is 5.97 Å². The van der Waals surface area contributed by atoms with E-state index in [1.165, 1.54) is 21.1 Å². The highest BCUT2D eigenvalue weighted by Gasteiger charge is 2.34. The highest BCUT2D eigenvalue weighted by Crippen LogP contribution is 2.34. The Morgan fingerprint density at radius 1 is 0.825 bits per heavy atom. The molecule has 7 nitrogen and oxygen atoms in total. The lowest BCUT2D eigenvalue weighted by molar-refractivity contribution is -0.211. The molecule has 216 valence electrons. The molecule has 0 atom stereocenters. The minimum Gasteiger partial charge on any atom is -0.489 e. The maximum absolute atomic E-state index is 12.7. The highest BCUT2D eigenvalue weighted by molar-refractivity contribution is 7.80. The molecule has 40 heavy (non-hydrogen) atoms. The van der Waals surface area contributed by atoms with Crippen molar-refractivity contribution in [3.05, 3.63) is 56.3 Å². The van der Waals surface area contributed by atoms with Gasteiger partial charge in [0.15, 0.2) is 5.75 Å². The van der Waals surface area contributed by atoms with Crippen molar-refractivity contribution in [2.45, 2.75) is 78.1 Å². The van der Waals surface area contributed by atoms with Crippen LogP contribution >= 0.6 is 32.9 Å². The third kappa shape index (κ3) is 8.59. The van der Waals surface area contributed by atoms with E-state index in [2.05, 4.69) is 6.07 Å². The number of benzene rings is 1. The Morgan fingerprint density at radius 3 is 2.00 bits per heavy atom. The van der Waals surface area contributed by atoms with Gasteiger partial charge in [0.1, 0.15) is 3.82 Å². The molecule has 0 fully saturated rings. The van der Waals surface area contributed by atoms with Gasteiger partial charge in [0.2, 0.25) is 23.1 Å². The zero-order valence-corrected chi connectivity index (χ0v) is 25.9. The second-order valence-corrected chi connectivity index (χ2v) is 12.5. The van der Waals surface area contributed by atoms with Gasteiger partial charge in [-0.15, -0.1) is 0 Å². The molecule has 1 aliphatic carbocycles. The van der Waals surface area contributed by atoms with Crippen LogP contribution in [0.15, 0.2) is 46.9 Å². The van der Waals surface area contributed by atoms with E-state index in [-0.39, 0.29) is 23.1 Å². The van der Waals surface area contributed by atoms with Crippen LogP contribution in [0.1, 0.15) is 77.2 Å². The third-order valence-electron chi connectivity index (χ3n) is 6.77. The molecule has 1 heterocycles. The normalized spacial score (nSPS) is 13.6. The van der Waals surface area contributed by atoms with Gasteiger partial charge in [-0.2, -0.15) is 0 Å². The van der Waals surface area contributed by atoms with E-state index in [4.69, 9.17) is 31.5 Å². The summed E-state index contributed by atoms with van der Waals surface area (Å²) in [6.07, 6.45) is 9.81. The molecular formula is C30H36O7S3. The summed E-state index contributed by atoms with van der Waals surface area (Å²) in [4.78, 5) is 47.6. The molecule has 2 aromatic rings. The van der Waals surface area contributed by atoms with Crippen molar-refractivity contribution in [2.75, 3.05) is 14.2 Å². The first kappa shape index (κ1) is 31.7. The molecular weight excluding hydrogens is 569 g/mol. The summed E-state index contributed by atoms with van der Waals surface area (Å²) >= 11 is 5.27. The first-order chi connectivity index (χ1) is 19.3. The van der Waals surface area contributed by atoms with Crippen LogP contribution in [-0.4, -0.2) is 31.8 Å². The molecule has 0 aliphatic heterocycles. The number of hydrogen-bond donors (Lipinski definition) is 0. The Bertz CT molecular complexity index is 1330. The summed E-state index contributed by atoms with van der Waals surface area (Å²) in [6.45, 7) is 3.00. The summed E-state index contributed by atoms with van der Waals surface area (Å²) in [5.74, 6) is -0.458. The molecule has 0 spiro atoms. The number of carbonyl (C=O) groups excluding carboxylic acids is 3. The minimum absolute atomic E-state index is 0.00232. The van der Waals surface area contributed by atoms with Crippen LogP contribution in [0.2, 0.25) is 0 Å². The fourth-order valence-corrected chi connectivity index (χ4v) is 7.05. The second-order valence-electron chi connectivity index (χ2n) is 9.63. The number of rotatable bonds is 16. The lowest BCUT2D eigenvalue weighted by atomic mass is 9.89. The minimum atomic E-state index is -0.492. The van der Waals surface area contributed by atoms with Gasteiger partial charge >= 0.3 is 5.97 Å². The third-order valence-corrected chi connectivity index (χ3v) is 9.68. The van der Waals surface area contributed by atoms with Crippen molar-refractivity contribution in [2.24, 2.45) is 0 Å². The number of aryl methyl sites for hydroxylation is 1. The fourth-order valence-electron chi connectivity index (χ4n) is 4.66. The summed E-state index contributed by atoms with van der Waals surface area (Å²) in [5.41, 5.74) is 3.08. The molecule has 0 unspecified atom stereocenters. The Kier molecular flexibility index (Phi) is 12.5. The largest absolute Gasteiger partial charge is 0.489 e. The van der Waals surface area contributed by atoms with Crippen molar-refractivity contribution in [1.82, 2.24) is 0 Å². The van der Waals surface area contributed by atoms with Crippen molar-refractivity contribution in [1.29, 1.82) is 0 Å². The standard InChI is InChI=1S/C30H36O7S3/c1-19-23(28(33)30(35-4)29(34-3)27(19)32)14-12-10-8-6-5-7-9-11-13-21-17-22(25-18-26(38)40-39-25)15-16-24(21)37-36-20(2)31/h15-18H,5-14H2,1-4H3. The number of Topliss-reactive ketones (excluding diaryl/α,β-unsaturated/α-hetero) is 2. The van der Waals surface area contributed by atoms with Crippen molar-refractivity contribution in [3.8, 4) is 16.2 Å². The van der Waals surface area contributed by atoms with E-state index in [1.807, 2.05) is 18.2 Å². The Hall–Kier alpha value is -2.82. The summed E-state index contributed by atoms with van der Waals surface area (Å²) in [5, 5.41) is 0. The maximum Gasteiger partial charge on any atom is 0.352 e. The maximum atomic E-state index is 12.7. The predicted octanol–water partition coefficient (Wildman–Crippen LogP) is 8.09. The SMILES string of the molecule is COC1=C(OC)C(=O)C(CCCCCCCCCCc2cc(-c3cc(=S)ss3)ccc2OOC(C)=O)=C(C)C1=O. The van der Waals surface area contributed by atoms with Crippen LogP contribution in [0, 0.1) is 3.82 Å². The first-order valence-electron chi connectivity index (χ1n) is 13.5. The lowest BCUT2D eigenvalue weighted by Gasteiger charge is -2.20. The van der Waals surface area contributed by atoms with Crippen LogP contribution in [0.25, 0.3) is 10.4 Å². The van der Waals surface area contributed by atoms with Crippen molar-refractivity contribution < 1.29 is 33.6 Å². The molecule has 3 rings (SSSR count). The van der Waals surface area contributed by atoms with Crippen molar-refractivity contribution >= 4 is 50.4 Å². The van der Waals surface area contributed by atoms with E-state index in [1.54, 1.807) is 27.6 Å². The smallest absolute Gasteiger partial charge is 0.352 e. The quantitative estimate of drug-likeness (QED) is 0.0474. The predicted molar refractivity (Wildman–Crippen MR) is 160 cm³/mol. The van der Waals surface area contributed by atoms with E-state index >= 15 is 0 Å². The molecule has 0 N–H and O–H groups in total. The number of carbonyl (C=O) groups is 3. The number of hydrogen-bond acceptors (Lipinski definition) is 10. The van der Waals surface area contributed by atoms with E-state index in [0.29, 0.717) is 23.3 Å². The molecule has 0 saturated heterocycles. The van der Waals surface area contributed by atoms with Crippen molar-refractivity contribution in [3.63, 3.8) is 0 Å². The van der Waals surface area contributed by atoms with Gasteiger partial charge in [-0.3, -0.25) is 19.4 Å². The van der Waals surface area contributed by atoms with Crippen LogP contribution < -0.4 is 4.89 Å². The summed E-state index contributed by atoms with van der Waals surface area (Å²) < 4.78 is 11.1.